The van der Waals surface area contributed by atoms with Gasteiger partial charge >= 0.3 is 0 Å². The first-order valence-electron chi connectivity index (χ1n) is 6.67. The molecule has 6 nitrogen and oxygen atoms in total. The molecule has 0 fully saturated rings. The van der Waals surface area contributed by atoms with Crippen LogP contribution in [0, 0.1) is 13.8 Å². The van der Waals surface area contributed by atoms with Crippen molar-refractivity contribution in [3.8, 4) is 10.6 Å². The topological polar surface area (TPSA) is 76.5 Å². The van der Waals surface area contributed by atoms with Gasteiger partial charge in [0.05, 0.1) is 17.0 Å². The van der Waals surface area contributed by atoms with Crippen LogP contribution in [0.25, 0.3) is 10.6 Å². The van der Waals surface area contributed by atoms with Crippen LogP contribution in [-0.2, 0) is 12.8 Å². The molecule has 8 heteroatoms. The van der Waals surface area contributed by atoms with E-state index in [9.17, 15) is 4.79 Å². The summed E-state index contributed by atoms with van der Waals surface area (Å²) in [5, 5.41) is 7.80. The maximum atomic E-state index is 12.3. The smallest absolute Gasteiger partial charge is 0.277 e. The van der Waals surface area contributed by atoms with Gasteiger partial charge in [0.15, 0.2) is 5.16 Å². The molecule has 0 atom stereocenters. The third-order valence-electron chi connectivity index (χ3n) is 3.32. The molecule has 0 spiro atoms. The second kappa shape index (κ2) is 6.05. The molecule has 3 heterocycles. The Labute approximate surface area is 135 Å². The van der Waals surface area contributed by atoms with Gasteiger partial charge in [0.1, 0.15) is 5.01 Å². The van der Waals surface area contributed by atoms with E-state index < -0.39 is 0 Å². The molecule has 3 rings (SSSR count). The second-order valence-electron chi connectivity index (χ2n) is 4.84. The molecule has 1 N–H and O–H groups in total. The highest BCUT2D eigenvalue weighted by Gasteiger charge is 2.16. The summed E-state index contributed by atoms with van der Waals surface area (Å²) < 4.78 is 1.37. The summed E-state index contributed by atoms with van der Waals surface area (Å²) in [6, 6.07) is 0. The molecular weight excluding hydrogens is 318 g/mol. The third kappa shape index (κ3) is 2.84. The van der Waals surface area contributed by atoms with Crippen molar-refractivity contribution in [1.29, 1.82) is 0 Å². The fraction of sp³-hybridized carbons (Fsp3) is 0.286. The van der Waals surface area contributed by atoms with Crippen LogP contribution >= 0.6 is 23.1 Å². The average Bonchev–Trinajstić information content (AvgIpc) is 3.15. The molecule has 0 aromatic carbocycles. The van der Waals surface area contributed by atoms with Gasteiger partial charge in [-0.15, -0.1) is 11.3 Å². The lowest BCUT2D eigenvalue weighted by atomic mass is 10.1. The average molecular weight is 333 g/mol. The summed E-state index contributed by atoms with van der Waals surface area (Å²) in [4.78, 5) is 24.2. The van der Waals surface area contributed by atoms with Crippen molar-refractivity contribution in [2.75, 3.05) is 0 Å². The molecule has 0 bridgehead atoms. The Morgan fingerprint density at radius 2 is 2.23 bits per heavy atom. The molecule has 0 unspecified atom stereocenters. The summed E-state index contributed by atoms with van der Waals surface area (Å²) >= 11 is 3.07. The Bertz CT molecular complexity index is 851. The van der Waals surface area contributed by atoms with Gasteiger partial charge in [-0.2, -0.15) is 5.10 Å². The van der Waals surface area contributed by atoms with E-state index in [1.54, 1.807) is 31.2 Å². The second-order valence-corrected chi connectivity index (χ2v) is 6.66. The van der Waals surface area contributed by atoms with Gasteiger partial charge in [0.25, 0.3) is 5.56 Å². The number of rotatable bonds is 4. The molecule has 3 aromatic rings. The minimum absolute atomic E-state index is 0.109. The number of hydrogen-bond acceptors (Lipinski definition) is 6. The zero-order chi connectivity index (χ0) is 15.7. The Balaban J connectivity index is 1.89. The van der Waals surface area contributed by atoms with Crippen molar-refractivity contribution in [2.45, 2.75) is 24.8 Å². The van der Waals surface area contributed by atoms with Crippen LogP contribution in [-0.4, -0.2) is 24.7 Å². The molecule has 0 amide bonds. The SMILES string of the molecule is Cc1nn(C)c(=O)c(-c2nc(CSc3ncc[nH]3)cs2)c1C. The van der Waals surface area contributed by atoms with E-state index in [-0.39, 0.29) is 5.56 Å². The Morgan fingerprint density at radius 1 is 1.41 bits per heavy atom. The Morgan fingerprint density at radius 3 is 2.95 bits per heavy atom. The molecule has 0 radical (unpaired) electrons. The Kier molecular flexibility index (Phi) is 4.12. The molecular formula is C14H15N5OS2. The van der Waals surface area contributed by atoms with E-state index >= 15 is 0 Å². The molecule has 22 heavy (non-hydrogen) atoms. The van der Waals surface area contributed by atoms with Crippen LogP contribution in [0.3, 0.4) is 0 Å². The minimum atomic E-state index is -0.109. The number of thiazole rings is 1. The summed E-state index contributed by atoms with van der Waals surface area (Å²) in [6.07, 6.45) is 3.52. The largest absolute Gasteiger partial charge is 0.340 e. The number of nitrogens with one attached hydrogen (secondary N) is 1. The number of nitrogens with zero attached hydrogens (tertiary/aromatic N) is 4. The van der Waals surface area contributed by atoms with Gasteiger partial charge in [-0.3, -0.25) is 4.79 Å². The highest BCUT2D eigenvalue weighted by molar-refractivity contribution is 7.98. The van der Waals surface area contributed by atoms with Crippen LogP contribution in [0.1, 0.15) is 17.0 Å². The highest BCUT2D eigenvalue weighted by atomic mass is 32.2. The monoisotopic (exact) mass is 333 g/mol. The molecule has 0 saturated carbocycles. The van der Waals surface area contributed by atoms with Crippen LogP contribution in [0.5, 0.6) is 0 Å². The number of imidazole rings is 1. The van der Waals surface area contributed by atoms with Gasteiger partial charge in [-0.05, 0) is 19.4 Å². The van der Waals surface area contributed by atoms with Gasteiger partial charge in [0.2, 0.25) is 0 Å². The summed E-state index contributed by atoms with van der Waals surface area (Å²) in [5.74, 6) is 0.716. The summed E-state index contributed by atoms with van der Waals surface area (Å²) in [6.45, 7) is 3.82. The Hall–Kier alpha value is -1.93. The third-order valence-corrected chi connectivity index (χ3v) is 5.17. The molecule has 3 aromatic heterocycles. The van der Waals surface area contributed by atoms with E-state index in [1.165, 1.54) is 16.0 Å². The number of aryl methyl sites for hydroxylation is 2. The lowest BCUT2D eigenvalue weighted by molar-refractivity contribution is 0.690. The predicted molar refractivity (Wildman–Crippen MR) is 88.2 cm³/mol. The molecule has 0 saturated heterocycles. The van der Waals surface area contributed by atoms with Gasteiger partial charge in [0, 0.05) is 30.6 Å². The van der Waals surface area contributed by atoms with Crippen LogP contribution in [0.15, 0.2) is 27.7 Å². The van der Waals surface area contributed by atoms with Crippen LogP contribution < -0.4 is 5.56 Å². The maximum absolute atomic E-state index is 12.3. The van der Waals surface area contributed by atoms with Crippen molar-refractivity contribution < 1.29 is 0 Å². The standard InChI is InChI=1S/C14H15N5OS2/c1-8-9(2)18-19(3)13(20)11(8)12-17-10(6-21-12)7-22-14-15-4-5-16-14/h4-6H,7H2,1-3H3,(H,15,16). The summed E-state index contributed by atoms with van der Waals surface area (Å²) in [7, 11) is 1.67. The minimum Gasteiger partial charge on any atom is -0.340 e. The van der Waals surface area contributed by atoms with Crippen molar-refractivity contribution in [1.82, 2.24) is 24.7 Å². The first-order valence-corrected chi connectivity index (χ1v) is 8.54. The fourth-order valence-corrected chi connectivity index (χ4v) is 3.80. The molecule has 0 aliphatic heterocycles. The zero-order valence-corrected chi connectivity index (χ0v) is 14.1. The fourth-order valence-electron chi connectivity index (χ4n) is 2.06. The van der Waals surface area contributed by atoms with E-state index in [1.807, 2.05) is 19.2 Å². The van der Waals surface area contributed by atoms with Gasteiger partial charge < -0.3 is 4.98 Å². The number of aromatic amines is 1. The molecule has 114 valence electrons. The van der Waals surface area contributed by atoms with E-state index in [4.69, 9.17) is 0 Å². The molecule has 0 aliphatic rings. The van der Waals surface area contributed by atoms with Gasteiger partial charge in [-0.25, -0.2) is 14.6 Å². The maximum Gasteiger partial charge on any atom is 0.277 e. The van der Waals surface area contributed by atoms with Crippen molar-refractivity contribution >= 4 is 23.1 Å². The molecule has 0 aliphatic carbocycles. The van der Waals surface area contributed by atoms with Crippen molar-refractivity contribution in [2.24, 2.45) is 7.05 Å². The van der Waals surface area contributed by atoms with Crippen molar-refractivity contribution in [3.05, 3.63) is 45.1 Å². The predicted octanol–water partition coefficient (Wildman–Crippen LogP) is 2.54. The quantitative estimate of drug-likeness (QED) is 0.743. The number of aromatic nitrogens is 5. The van der Waals surface area contributed by atoms with Crippen molar-refractivity contribution in [3.63, 3.8) is 0 Å². The van der Waals surface area contributed by atoms with Crippen LogP contribution in [0.4, 0.5) is 0 Å². The lowest BCUT2D eigenvalue weighted by Crippen LogP contribution is -2.23. The first kappa shape index (κ1) is 15.0. The van der Waals surface area contributed by atoms with E-state index in [2.05, 4.69) is 20.1 Å². The highest BCUT2D eigenvalue weighted by Crippen LogP contribution is 2.27. The number of H-pyrrole nitrogens is 1. The summed E-state index contributed by atoms with van der Waals surface area (Å²) in [5.41, 5.74) is 3.22. The van der Waals surface area contributed by atoms with Gasteiger partial charge in [-0.1, -0.05) is 11.8 Å². The normalized spacial score (nSPS) is 11.0. The van der Waals surface area contributed by atoms with E-state index in [0.717, 1.165) is 27.1 Å². The number of thioether (sulfide) groups is 1. The van der Waals surface area contributed by atoms with Crippen LogP contribution in [0.2, 0.25) is 0 Å². The van der Waals surface area contributed by atoms with E-state index in [0.29, 0.717) is 11.3 Å². The first-order chi connectivity index (χ1) is 10.6. The zero-order valence-electron chi connectivity index (χ0n) is 12.5. The number of hydrogen-bond donors (Lipinski definition) is 1. The lowest BCUT2D eigenvalue weighted by Gasteiger charge is -2.07.